The van der Waals surface area contributed by atoms with Gasteiger partial charge in [-0.25, -0.2) is 0 Å². The van der Waals surface area contributed by atoms with E-state index in [2.05, 4.69) is 39.2 Å². The van der Waals surface area contributed by atoms with Crippen LogP contribution in [0.3, 0.4) is 0 Å². The number of ether oxygens (including phenoxy) is 1. The Morgan fingerprint density at radius 2 is 1.88 bits per heavy atom. The van der Waals surface area contributed by atoms with Crippen molar-refractivity contribution in [3.8, 4) is 0 Å². The Hall–Kier alpha value is -0.660. The monoisotopic (exact) mass is 227 g/mol. The highest BCUT2D eigenvalue weighted by Gasteiger charge is 2.21. The van der Waals surface area contributed by atoms with E-state index < -0.39 is 0 Å². The Labute approximate surface area is 102 Å². The van der Waals surface area contributed by atoms with Gasteiger partial charge in [0.1, 0.15) is 5.60 Å². The van der Waals surface area contributed by atoms with E-state index in [1.54, 1.807) is 0 Å². The molecule has 0 bridgehead atoms. The fraction of sp³-hybridized carbons (Fsp3) is 0.857. The lowest BCUT2D eigenvalue weighted by molar-refractivity contribution is -0.00666. The summed E-state index contributed by atoms with van der Waals surface area (Å²) in [4.78, 5) is 2.26. The molecule has 0 spiro atoms. The number of rotatable bonds is 2. The van der Waals surface area contributed by atoms with E-state index >= 15 is 0 Å². The fourth-order valence-corrected chi connectivity index (χ4v) is 1.83. The van der Waals surface area contributed by atoms with Gasteiger partial charge in [-0.05, 0) is 46.1 Å². The molecular weight excluding hydrogens is 198 g/mol. The highest BCUT2D eigenvalue weighted by molar-refractivity contribution is 4.89. The molecule has 1 aliphatic heterocycles. The molecule has 0 aliphatic carbocycles. The van der Waals surface area contributed by atoms with Crippen molar-refractivity contribution in [3.05, 3.63) is 12.5 Å². The molecule has 1 unspecified atom stereocenters. The number of hydrogen-bond donors (Lipinski definition) is 0. The molecule has 0 saturated carbocycles. The summed E-state index contributed by atoms with van der Waals surface area (Å²) in [6.45, 7) is 18.7. The van der Waals surface area contributed by atoms with Crippen LogP contribution in [0.1, 0.15) is 54.4 Å². The maximum absolute atomic E-state index is 5.76. The average molecular weight is 227 g/mol. The largest absolute Gasteiger partial charge is 0.474 e. The third kappa shape index (κ3) is 6.04. The summed E-state index contributed by atoms with van der Waals surface area (Å²) in [5.74, 6) is 1.60. The molecule has 0 aromatic heterocycles. The van der Waals surface area contributed by atoms with Crippen LogP contribution in [0, 0.1) is 5.92 Å². The van der Waals surface area contributed by atoms with Crippen LogP contribution in [-0.4, -0.2) is 23.6 Å². The molecule has 1 aliphatic rings. The second-order valence-corrected chi connectivity index (χ2v) is 5.30. The maximum atomic E-state index is 5.76. The molecule has 1 heterocycles. The number of likely N-dealkylation sites (tertiary alicyclic amines) is 1. The van der Waals surface area contributed by atoms with Crippen LogP contribution < -0.4 is 0 Å². The van der Waals surface area contributed by atoms with Gasteiger partial charge >= 0.3 is 0 Å². The first-order chi connectivity index (χ1) is 7.38. The SMILES string of the molecule is C=C(OC(C)(C)C)N1CCCC(C)C1.CC. The first-order valence-corrected chi connectivity index (χ1v) is 6.51. The molecule has 16 heavy (non-hydrogen) atoms. The van der Waals surface area contributed by atoms with Gasteiger partial charge in [-0.1, -0.05) is 20.8 Å². The normalized spacial score (nSPS) is 20.9. The van der Waals surface area contributed by atoms with Crippen molar-refractivity contribution in [2.24, 2.45) is 5.92 Å². The summed E-state index contributed by atoms with van der Waals surface area (Å²) < 4.78 is 5.76. The second kappa shape index (κ2) is 6.82. The van der Waals surface area contributed by atoms with Crippen LogP contribution in [0.2, 0.25) is 0 Å². The predicted octanol–water partition coefficient (Wildman–Crippen LogP) is 4.03. The van der Waals surface area contributed by atoms with Crippen LogP contribution in [0.25, 0.3) is 0 Å². The van der Waals surface area contributed by atoms with E-state index in [0.29, 0.717) is 0 Å². The van der Waals surface area contributed by atoms with Gasteiger partial charge < -0.3 is 9.64 Å². The lowest BCUT2D eigenvalue weighted by atomic mass is 10.0. The molecule has 0 amide bonds. The highest BCUT2D eigenvalue weighted by Crippen LogP contribution is 2.22. The molecule has 0 N–H and O–H groups in total. The Morgan fingerprint density at radius 3 is 2.31 bits per heavy atom. The van der Waals surface area contributed by atoms with Gasteiger partial charge in [-0.3, -0.25) is 0 Å². The van der Waals surface area contributed by atoms with Crippen molar-refractivity contribution in [3.63, 3.8) is 0 Å². The van der Waals surface area contributed by atoms with Gasteiger partial charge in [0.2, 0.25) is 0 Å². The Bertz CT molecular complexity index is 205. The highest BCUT2D eigenvalue weighted by atomic mass is 16.5. The summed E-state index contributed by atoms with van der Waals surface area (Å²) in [7, 11) is 0. The zero-order valence-corrected chi connectivity index (χ0v) is 12.0. The summed E-state index contributed by atoms with van der Waals surface area (Å²) in [6.07, 6.45) is 2.59. The van der Waals surface area contributed by atoms with Crippen LogP contribution in [0.4, 0.5) is 0 Å². The van der Waals surface area contributed by atoms with Crippen molar-refractivity contribution in [2.75, 3.05) is 13.1 Å². The van der Waals surface area contributed by atoms with Crippen molar-refractivity contribution < 1.29 is 4.74 Å². The molecule has 1 saturated heterocycles. The molecule has 96 valence electrons. The number of hydrogen-bond acceptors (Lipinski definition) is 2. The smallest absolute Gasteiger partial charge is 0.182 e. The third-order valence-corrected chi connectivity index (χ3v) is 2.43. The minimum Gasteiger partial charge on any atom is -0.474 e. The second-order valence-electron chi connectivity index (χ2n) is 5.30. The summed E-state index contributed by atoms with van der Waals surface area (Å²) >= 11 is 0. The molecule has 2 nitrogen and oxygen atoms in total. The zero-order valence-electron chi connectivity index (χ0n) is 12.0. The summed E-state index contributed by atoms with van der Waals surface area (Å²) in [5, 5.41) is 0. The lowest BCUT2D eigenvalue weighted by Crippen LogP contribution is -2.36. The first kappa shape index (κ1) is 15.3. The quantitative estimate of drug-likeness (QED) is 0.660. The van der Waals surface area contributed by atoms with Crippen molar-refractivity contribution >= 4 is 0 Å². The van der Waals surface area contributed by atoms with E-state index in [-0.39, 0.29) is 5.60 Å². The molecule has 0 aromatic carbocycles. The molecular formula is C14H29NO. The third-order valence-electron chi connectivity index (χ3n) is 2.43. The fourth-order valence-electron chi connectivity index (χ4n) is 1.83. The van der Waals surface area contributed by atoms with Crippen LogP contribution in [0.15, 0.2) is 12.5 Å². The molecule has 1 rings (SSSR count). The summed E-state index contributed by atoms with van der Waals surface area (Å²) in [5.41, 5.74) is -0.127. The Balaban J connectivity index is 0.00000106. The van der Waals surface area contributed by atoms with Gasteiger partial charge in [0.05, 0.1) is 0 Å². The summed E-state index contributed by atoms with van der Waals surface area (Å²) in [6, 6.07) is 0. The van der Waals surface area contributed by atoms with E-state index in [1.807, 2.05) is 13.8 Å². The molecule has 1 atom stereocenters. The van der Waals surface area contributed by atoms with Gasteiger partial charge in [0.15, 0.2) is 5.88 Å². The topological polar surface area (TPSA) is 12.5 Å². The van der Waals surface area contributed by atoms with E-state index in [0.717, 1.165) is 24.9 Å². The van der Waals surface area contributed by atoms with Crippen molar-refractivity contribution in [2.45, 2.75) is 60.0 Å². The van der Waals surface area contributed by atoms with Crippen LogP contribution in [0.5, 0.6) is 0 Å². The van der Waals surface area contributed by atoms with Gasteiger partial charge in [-0.2, -0.15) is 0 Å². The number of nitrogens with zero attached hydrogens (tertiary/aromatic N) is 1. The molecule has 2 heteroatoms. The van der Waals surface area contributed by atoms with E-state index in [1.165, 1.54) is 12.8 Å². The predicted molar refractivity (Wildman–Crippen MR) is 71.3 cm³/mol. The van der Waals surface area contributed by atoms with Crippen LogP contribution in [-0.2, 0) is 4.74 Å². The molecule has 1 fully saturated rings. The van der Waals surface area contributed by atoms with Gasteiger partial charge in [0.25, 0.3) is 0 Å². The standard InChI is InChI=1S/C12H23NO.C2H6/c1-10-7-6-8-13(9-10)11(2)14-12(3,4)5;1-2/h10H,2,6-9H2,1,3-5H3;1-2H3. The van der Waals surface area contributed by atoms with Crippen molar-refractivity contribution in [1.82, 2.24) is 4.90 Å². The Morgan fingerprint density at radius 1 is 1.31 bits per heavy atom. The van der Waals surface area contributed by atoms with Crippen LogP contribution >= 0.6 is 0 Å². The van der Waals surface area contributed by atoms with E-state index in [4.69, 9.17) is 4.74 Å². The van der Waals surface area contributed by atoms with Gasteiger partial charge in [0, 0.05) is 13.1 Å². The maximum Gasteiger partial charge on any atom is 0.182 e. The first-order valence-electron chi connectivity index (χ1n) is 6.51. The molecule has 0 aromatic rings. The van der Waals surface area contributed by atoms with Crippen molar-refractivity contribution in [1.29, 1.82) is 0 Å². The minimum absolute atomic E-state index is 0.127. The Kier molecular flexibility index (Phi) is 6.54. The average Bonchev–Trinajstić information content (AvgIpc) is 2.18. The zero-order chi connectivity index (χ0) is 12.8. The lowest BCUT2D eigenvalue weighted by Gasteiger charge is -2.36. The molecule has 0 radical (unpaired) electrons. The number of piperidine rings is 1. The minimum atomic E-state index is -0.127. The van der Waals surface area contributed by atoms with E-state index in [9.17, 15) is 0 Å². The van der Waals surface area contributed by atoms with Gasteiger partial charge in [-0.15, -0.1) is 0 Å².